The smallest absolute Gasteiger partial charge is 0.320 e. The molecule has 0 aliphatic heterocycles. The molecule has 2 amide bonds. The summed E-state index contributed by atoms with van der Waals surface area (Å²) in [5.74, 6) is -1.04. The van der Waals surface area contributed by atoms with Crippen LogP contribution in [0.4, 0.5) is 10.5 Å². The zero-order valence-electron chi connectivity index (χ0n) is 16.5. The van der Waals surface area contributed by atoms with E-state index in [9.17, 15) is 9.59 Å². The third-order valence-corrected chi connectivity index (χ3v) is 4.77. The number of amides is 2. The second-order valence-electron chi connectivity index (χ2n) is 7.00. The lowest BCUT2D eigenvalue weighted by molar-refractivity contribution is -0.138. The first-order chi connectivity index (χ1) is 14.5. The van der Waals surface area contributed by atoms with Gasteiger partial charge in [0.1, 0.15) is 6.04 Å². The molecule has 0 bridgehead atoms. The molecule has 30 heavy (non-hydrogen) atoms. The first kappa shape index (κ1) is 21.1. The largest absolute Gasteiger partial charge is 0.480 e. The van der Waals surface area contributed by atoms with E-state index < -0.39 is 12.0 Å². The molecular weight excluding hydrogens is 378 g/mol. The summed E-state index contributed by atoms with van der Waals surface area (Å²) in [5, 5.41) is 14.5. The van der Waals surface area contributed by atoms with Crippen LogP contribution < -0.4 is 16.4 Å². The quantitative estimate of drug-likeness (QED) is 0.461. The Kier molecular flexibility index (Phi) is 7.19. The molecule has 0 unspecified atom stereocenters. The Bertz CT molecular complexity index is 988. The molecule has 0 radical (unpaired) electrons. The number of nitrogens with one attached hydrogen (secondary N) is 2. The molecule has 6 heteroatoms. The highest BCUT2D eigenvalue weighted by Gasteiger charge is 2.12. The Morgan fingerprint density at radius 2 is 1.57 bits per heavy atom. The highest BCUT2D eigenvalue weighted by Crippen LogP contribution is 2.23. The summed E-state index contributed by atoms with van der Waals surface area (Å²) in [5.41, 5.74) is 10.5. The number of nitrogens with two attached hydrogens (primary N) is 1. The van der Waals surface area contributed by atoms with Gasteiger partial charge in [0.25, 0.3) is 0 Å². The van der Waals surface area contributed by atoms with Crippen LogP contribution >= 0.6 is 0 Å². The van der Waals surface area contributed by atoms with E-state index in [0.717, 1.165) is 16.7 Å². The van der Waals surface area contributed by atoms with Gasteiger partial charge in [-0.15, -0.1) is 0 Å². The van der Waals surface area contributed by atoms with Crippen molar-refractivity contribution < 1.29 is 14.7 Å². The van der Waals surface area contributed by atoms with Crippen LogP contribution in [0.15, 0.2) is 78.9 Å². The zero-order chi connectivity index (χ0) is 21.3. The molecule has 0 saturated heterocycles. The van der Waals surface area contributed by atoms with Crippen molar-refractivity contribution >= 4 is 17.7 Å². The van der Waals surface area contributed by atoms with Crippen LogP contribution in [-0.4, -0.2) is 29.7 Å². The second-order valence-corrected chi connectivity index (χ2v) is 7.00. The molecule has 5 N–H and O–H groups in total. The fraction of sp³-hybridized carbons (Fsp3) is 0.167. The average molecular weight is 403 g/mol. The summed E-state index contributed by atoms with van der Waals surface area (Å²) in [7, 11) is 0. The first-order valence-electron chi connectivity index (χ1n) is 9.78. The van der Waals surface area contributed by atoms with E-state index in [1.165, 1.54) is 5.56 Å². The Morgan fingerprint density at radius 3 is 2.27 bits per heavy atom. The van der Waals surface area contributed by atoms with Gasteiger partial charge in [-0.25, -0.2) is 4.79 Å². The highest BCUT2D eigenvalue weighted by atomic mass is 16.4. The van der Waals surface area contributed by atoms with Crippen molar-refractivity contribution in [3.8, 4) is 11.1 Å². The number of anilines is 1. The van der Waals surface area contributed by atoms with E-state index >= 15 is 0 Å². The van der Waals surface area contributed by atoms with Crippen molar-refractivity contribution in [3.05, 3.63) is 90.0 Å². The molecular formula is C24H25N3O3. The predicted molar refractivity (Wildman–Crippen MR) is 118 cm³/mol. The second kappa shape index (κ2) is 10.2. The summed E-state index contributed by atoms with van der Waals surface area (Å²) in [6.07, 6.45) is 0.952. The van der Waals surface area contributed by atoms with E-state index in [1.54, 1.807) is 24.3 Å². The molecule has 6 nitrogen and oxygen atoms in total. The maximum absolute atomic E-state index is 12.2. The molecule has 0 heterocycles. The maximum Gasteiger partial charge on any atom is 0.320 e. The summed E-state index contributed by atoms with van der Waals surface area (Å²) >= 11 is 0. The Balaban J connectivity index is 1.51. The topological polar surface area (TPSA) is 104 Å². The van der Waals surface area contributed by atoms with Crippen molar-refractivity contribution in [3.63, 3.8) is 0 Å². The van der Waals surface area contributed by atoms with Crippen LogP contribution in [0.25, 0.3) is 11.1 Å². The number of aliphatic carboxylic acids is 1. The van der Waals surface area contributed by atoms with E-state index in [-0.39, 0.29) is 12.5 Å². The maximum atomic E-state index is 12.2. The number of carboxylic acid groups (broad SMARTS) is 1. The van der Waals surface area contributed by atoms with Crippen LogP contribution in [0.5, 0.6) is 0 Å². The summed E-state index contributed by atoms with van der Waals surface area (Å²) in [4.78, 5) is 23.0. The predicted octanol–water partition coefficient (Wildman–Crippen LogP) is 3.67. The highest BCUT2D eigenvalue weighted by molar-refractivity contribution is 5.89. The molecule has 3 rings (SSSR count). The lowest BCUT2D eigenvalue weighted by atomic mass is 9.98. The number of hydrogen-bond donors (Lipinski definition) is 4. The molecule has 154 valence electrons. The van der Waals surface area contributed by atoms with Crippen LogP contribution in [0.2, 0.25) is 0 Å². The number of rotatable bonds is 8. The molecule has 0 aromatic heterocycles. The minimum atomic E-state index is -1.04. The fourth-order valence-electron chi connectivity index (χ4n) is 3.19. The lowest BCUT2D eigenvalue weighted by Crippen LogP contribution is -2.32. The van der Waals surface area contributed by atoms with E-state index in [2.05, 4.69) is 34.9 Å². The molecule has 0 aliphatic rings. The molecule has 0 saturated carbocycles. The van der Waals surface area contributed by atoms with E-state index in [1.807, 2.05) is 30.3 Å². The van der Waals surface area contributed by atoms with E-state index in [0.29, 0.717) is 18.7 Å². The van der Waals surface area contributed by atoms with Crippen molar-refractivity contribution in [2.24, 2.45) is 5.73 Å². The number of carbonyl (C=O) groups is 2. The van der Waals surface area contributed by atoms with Crippen LogP contribution in [0.3, 0.4) is 0 Å². The number of carbonyl (C=O) groups excluding carboxylic acids is 1. The summed E-state index contributed by atoms with van der Waals surface area (Å²) in [6, 6.07) is 24.1. The third-order valence-electron chi connectivity index (χ3n) is 4.77. The van der Waals surface area contributed by atoms with Gasteiger partial charge in [-0.2, -0.15) is 0 Å². The average Bonchev–Trinajstić information content (AvgIpc) is 2.76. The van der Waals surface area contributed by atoms with Gasteiger partial charge in [0.2, 0.25) is 0 Å². The van der Waals surface area contributed by atoms with Crippen molar-refractivity contribution in [2.75, 3.05) is 11.9 Å². The fourth-order valence-corrected chi connectivity index (χ4v) is 3.19. The SMILES string of the molecule is N[C@@H](Cc1ccc(NC(=O)NCCc2ccccc2-c2ccccc2)cc1)C(=O)O. The third kappa shape index (κ3) is 5.93. The lowest BCUT2D eigenvalue weighted by Gasteiger charge is -2.12. The minimum absolute atomic E-state index is 0.239. The number of hydrogen-bond acceptors (Lipinski definition) is 3. The van der Waals surface area contributed by atoms with Crippen LogP contribution in [0, 0.1) is 0 Å². The van der Waals surface area contributed by atoms with Gasteiger partial charge in [0.15, 0.2) is 0 Å². The first-order valence-corrected chi connectivity index (χ1v) is 9.78. The Morgan fingerprint density at radius 1 is 0.900 bits per heavy atom. The van der Waals surface area contributed by atoms with Gasteiger partial charge in [-0.05, 0) is 47.2 Å². The molecule has 1 atom stereocenters. The van der Waals surface area contributed by atoms with Crippen LogP contribution in [0.1, 0.15) is 11.1 Å². The number of benzene rings is 3. The number of urea groups is 1. The minimum Gasteiger partial charge on any atom is -0.480 e. The van der Waals surface area contributed by atoms with E-state index in [4.69, 9.17) is 10.8 Å². The van der Waals surface area contributed by atoms with Crippen molar-refractivity contribution in [2.45, 2.75) is 18.9 Å². The summed E-state index contributed by atoms with van der Waals surface area (Å²) < 4.78 is 0. The molecule has 3 aromatic carbocycles. The Hall–Kier alpha value is -3.64. The molecule has 0 aliphatic carbocycles. The van der Waals surface area contributed by atoms with Gasteiger partial charge in [0.05, 0.1) is 0 Å². The van der Waals surface area contributed by atoms with Gasteiger partial charge >= 0.3 is 12.0 Å². The van der Waals surface area contributed by atoms with Gasteiger partial charge in [-0.3, -0.25) is 4.79 Å². The molecule has 3 aromatic rings. The normalized spacial score (nSPS) is 11.5. The van der Waals surface area contributed by atoms with Gasteiger partial charge < -0.3 is 21.5 Å². The Labute approximate surface area is 175 Å². The summed E-state index contributed by atoms with van der Waals surface area (Å²) in [6.45, 7) is 0.501. The van der Waals surface area contributed by atoms with Gasteiger partial charge in [-0.1, -0.05) is 66.7 Å². The van der Waals surface area contributed by atoms with Crippen molar-refractivity contribution in [1.29, 1.82) is 0 Å². The molecule has 0 fully saturated rings. The molecule has 0 spiro atoms. The zero-order valence-corrected chi connectivity index (χ0v) is 16.5. The van der Waals surface area contributed by atoms with Crippen molar-refractivity contribution in [1.82, 2.24) is 5.32 Å². The van der Waals surface area contributed by atoms with Gasteiger partial charge in [0, 0.05) is 12.2 Å². The van der Waals surface area contributed by atoms with Crippen LogP contribution in [-0.2, 0) is 17.6 Å². The monoisotopic (exact) mass is 403 g/mol. The number of carboxylic acids is 1. The standard InChI is InChI=1S/C24H25N3O3/c25-22(23(28)29)16-17-10-12-20(13-11-17)27-24(30)26-15-14-19-8-4-5-9-21(19)18-6-2-1-3-7-18/h1-13,22H,14-16,25H2,(H,28,29)(H2,26,27,30)/t22-/m0/s1.